The van der Waals surface area contributed by atoms with E-state index in [1.54, 1.807) is 0 Å². The Morgan fingerprint density at radius 3 is 2.05 bits per heavy atom. The van der Waals surface area contributed by atoms with Crippen molar-refractivity contribution in [2.24, 2.45) is 9.98 Å². The van der Waals surface area contributed by atoms with Crippen LogP contribution in [0.25, 0.3) is 71.7 Å². The maximum absolute atomic E-state index is 6.96. The lowest BCUT2D eigenvalue weighted by Crippen LogP contribution is -2.33. The molecule has 59 heavy (non-hydrogen) atoms. The summed E-state index contributed by atoms with van der Waals surface area (Å²) in [6.45, 7) is 4.69. The van der Waals surface area contributed by atoms with E-state index in [9.17, 15) is 0 Å². The molecule has 2 aromatic heterocycles. The first-order chi connectivity index (χ1) is 29.0. The number of aliphatic imine (C=N–C) groups is 2. The third-order valence-electron chi connectivity index (χ3n) is 12.5. The molecule has 1 aliphatic carbocycles. The lowest BCUT2D eigenvalue weighted by Gasteiger charge is -2.24. The van der Waals surface area contributed by atoms with Gasteiger partial charge in [0.15, 0.2) is 11.4 Å². The Morgan fingerprint density at radius 1 is 0.542 bits per heavy atom. The quantitative estimate of drug-likeness (QED) is 0.190. The third kappa shape index (κ3) is 5.11. The fourth-order valence-corrected chi connectivity index (χ4v) is 9.59. The molecule has 0 amide bonds. The van der Waals surface area contributed by atoms with Gasteiger partial charge in [-0.1, -0.05) is 166 Å². The van der Waals surface area contributed by atoms with Crippen LogP contribution < -0.4 is 5.32 Å². The highest BCUT2D eigenvalue weighted by atomic mass is 16.3. The van der Waals surface area contributed by atoms with E-state index in [4.69, 9.17) is 14.4 Å². The van der Waals surface area contributed by atoms with E-state index in [2.05, 4.69) is 181 Å². The number of nitrogens with one attached hydrogen (secondary N) is 1. The van der Waals surface area contributed by atoms with Crippen LogP contribution >= 0.6 is 0 Å². The smallest absolute Gasteiger partial charge is 0.160 e. The normalized spacial score (nSPS) is 15.6. The zero-order valence-electron chi connectivity index (χ0n) is 32.6. The molecular formula is C54H38N4O. The number of aromatic nitrogens is 1. The fourth-order valence-electron chi connectivity index (χ4n) is 9.59. The van der Waals surface area contributed by atoms with Crippen molar-refractivity contribution in [1.29, 1.82) is 0 Å². The van der Waals surface area contributed by atoms with Crippen LogP contribution in [0, 0.1) is 0 Å². The van der Waals surface area contributed by atoms with Gasteiger partial charge in [0.2, 0.25) is 0 Å². The van der Waals surface area contributed by atoms with E-state index in [0.29, 0.717) is 5.84 Å². The van der Waals surface area contributed by atoms with Gasteiger partial charge in [-0.05, 0) is 69.3 Å². The van der Waals surface area contributed by atoms with Gasteiger partial charge in [0, 0.05) is 38.1 Å². The minimum atomic E-state index is -0.346. The van der Waals surface area contributed by atoms with E-state index < -0.39 is 0 Å². The van der Waals surface area contributed by atoms with Gasteiger partial charge in [-0.15, -0.1) is 0 Å². The molecule has 0 saturated carbocycles. The molecule has 1 aliphatic heterocycles. The summed E-state index contributed by atoms with van der Waals surface area (Å²) in [6, 6.07) is 64.6. The second-order valence-corrected chi connectivity index (χ2v) is 16.2. The van der Waals surface area contributed by atoms with Gasteiger partial charge >= 0.3 is 0 Å². The molecule has 10 aromatic rings. The Bertz CT molecular complexity index is 3370. The Balaban J connectivity index is 1.05. The number of nitrogens with zero attached hydrogens (tertiary/aromatic N) is 3. The zero-order chi connectivity index (χ0) is 39.2. The summed E-state index contributed by atoms with van der Waals surface area (Å²) in [5.74, 6) is 1.44. The number of benzene rings is 8. The van der Waals surface area contributed by atoms with Gasteiger partial charge in [-0.2, -0.15) is 0 Å². The Labute approximate surface area is 341 Å². The van der Waals surface area contributed by atoms with Crippen LogP contribution in [0.1, 0.15) is 47.8 Å². The van der Waals surface area contributed by atoms with Crippen molar-refractivity contribution in [3.63, 3.8) is 0 Å². The van der Waals surface area contributed by atoms with E-state index in [0.717, 1.165) is 66.7 Å². The minimum absolute atomic E-state index is 0.0939. The highest BCUT2D eigenvalue weighted by molar-refractivity contribution is 6.23. The molecule has 0 radical (unpaired) electrons. The number of hydrogen-bond acceptors (Lipinski definition) is 4. The highest BCUT2D eigenvalue weighted by Crippen LogP contribution is 2.51. The van der Waals surface area contributed by atoms with E-state index in [-0.39, 0.29) is 11.6 Å². The topological polar surface area (TPSA) is 54.8 Å². The number of rotatable bonds is 5. The molecule has 0 fully saturated rings. The van der Waals surface area contributed by atoms with Crippen LogP contribution in [-0.2, 0) is 5.41 Å². The first-order valence-corrected chi connectivity index (χ1v) is 20.3. The molecule has 0 saturated heterocycles. The molecule has 1 N–H and O–H groups in total. The molecule has 1 atom stereocenters. The second-order valence-electron chi connectivity index (χ2n) is 16.2. The monoisotopic (exact) mass is 758 g/mol. The standard InChI is InChI=1S/C54H38N4O/c1-54(2)43-23-11-9-19-37(43)41-32-47-42(31-44(41)54)38-20-10-12-24-45(38)58(47)46-25-13-21-39-49-40(22-14-26-48(49)59-50(39)46)53-56-51(35-17-7-4-8-18-35)55-52(57-53)36-29-27-34(28-30-36)33-15-5-3-6-16-33/h3-32,52H,1-2H3,(H,55,56,57). The van der Waals surface area contributed by atoms with Crippen LogP contribution in [0.2, 0.25) is 0 Å². The highest BCUT2D eigenvalue weighted by Gasteiger charge is 2.36. The van der Waals surface area contributed by atoms with Crippen molar-refractivity contribution in [3.8, 4) is 27.9 Å². The first kappa shape index (κ1) is 33.6. The van der Waals surface area contributed by atoms with Gasteiger partial charge in [-0.25, -0.2) is 9.98 Å². The van der Waals surface area contributed by atoms with Crippen molar-refractivity contribution >= 4 is 55.4 Å². The molecule has 12 rings (SSSR count). The van der Waals surface area contributed by atoms with Gasteiger partial charge in [0.05, 0.1) is 16.7 Å². The lowest BCUT2D eigenvalue weighted by molar-refractivity contribution is 0.661. The van der Waals surface area contributed by atoms with Crippen molar-refractivity contribution in [2.75, 3.05) is 0 Å². The van der Waals surface area contributed by atoms with Crippen molar-refractivity contribution < 1.29 is 4.42 Å². The van der Waals surface area contributed by atoms with Gasteiger partial charge < -0.3 is 14.3 Å². The molecule has 0 spiro atoms. The number of hydrogen-bond donors (Lipinski definition) is 1. The summed E-state index contributed by atoms with van der Waals surface area (Å²) in [4.78, 5) is 10.6. The summed E-state index contributed by atoms with van der Waals surface area (Å²) in [5, 5.41) is 8.13. The van der Waals surface area contributed by atoms with Crippen molar-refractivity contribution in [3.05, 3.63) is 210 Å². The van der Waals surface area contributed by atoms with Crippen LogP contribution in [0.4, 0.5) is 0 Å². The molecule has 5 nitrogen and oxygen atoms in total. The summed E-state index contributed by atoms with van der Waals surface area (Å²) in [6.07, 6.45) is -0.346. The molecule has 0 bridgehead atoms. The number of amidine groups is 2. The van der Waals surface area contributed by atoms with Gasteiger partial charge in [0.25, 0.3) is 0 Å². The largest absolute Gasteiger partial charge is 0.454 e. The molecule has 280 valence electrons. The molecule has 2 aliphatic rings. The SMILES string of the molecule is CC1(C)c2ccccc2-c2cc3c(cc21)c1ccccc1n3-c1cccc2c1oc1cccc(C3=NC(c4ccc(-c5ccccc5)cc4)NC(c4ccccc4)=N3)c12. The van der Waals surface area contributed by atoms with Crippen LogP contribution in [-0.4, -0.2) is 16.2 Å². The minimum Gasteiger partial charge on any atom is -0.454 e. The van der Waals surface area contributed by atoms with Crippen molar-refractivity contribution in [1.82, 2.24) is 9.88 Å². The maximum Gasteiger partial charge on any atom is 0.160 e. The summed E-state index contributed by atoms with van der Waals surface area (Å²) < 4.78 is 9.35. The number of furan rings is 1. The third-order valence-corrected chi connectivity index (χ3v) is 12.5. The Morgan fingerprint density at radius 2 is 1.22 bits per heavy atom. The van der Waals surface area contributed by atoms with Crippen molar-refractivity contribution in [2.45, 2.75) is 25.4 Å². The number of fused-ring (bicyclic) bond motifs is 9. The van der Waals surface area contributed by atoms with Crippen LogP contribution in [0.15, 0.2) is 196 Å². The second kappa shape index (κ2) is 12.8. The molecule has 3 heterocycles. The van der Waals surface area contributed by atoms with E-state index >= 15 is 0 Å². The molecule has 1 unspecified atom stereocenters. The molecule has 5 heteroatoms. The Kier molecular flexibility index (Phi) is 7.27. The van der Waals surface area contributed by atoms with E-state index in [1.165, 1.54) is 38.6 Å². The van der Waals surface area contributed by atoms with E-state index in [1.807, 2.05) is 24.3 Å². The van der Waals surface area contributed by atoms with Gasteiger partial charge in [0.1, 0.15) is 17.6 Å². The number of para-hydroxylation sites is 2. The molecular weight excluding hydrogens is 721 g/mol. The summed E-state index contributed by atoms with van der Waals surface area (Å²) in [7, 11) is 0. The lowest BCUT2D eigenvalue weighted by atomic mass is 9.82. The Hall–Kier alpha value is -7.50. The predicted molar refractivity (Wildman–Crippen MR) is 243 cm³/mol. The predicted octanol–water partition coefficient (Wildman–Crippen LogP) is 13.2. The van der Waals surface area contributed by atoms with Crippen LogP contribution in [0.3, 0.4) is 0 Å². The average molecular weight is 759 g/mol. The average Bonchev–Trinajstić information content (AvgIpc) is 3.91. The van der Waals surface area contributed by atoms with Gasteiger partial charge in [-0.3, -0.25) is 0 Å². The summed E-state index contributed by atoms with van der Waals surface area (Å²) in [5.41, 5.74) is 15.5. The molecule has 8 aromatic carbocycles. The first-order valence-electron chi connectivity index (χ1n) is 20.3. The zero-order valence-corrected chi connectivity index (χ0v) is 32.6. The van der Waals surface area contributed by atoms with Crippen LogP contribution in [0.5, 0.6) is 0 Å². The fraction of sp³-hybridized carbons (Fsp3) is 0.0741. The summed E-state index contributed by atoms with van der Waals surface area (Å²) >= 11 is 0. The maximum atomic E-state index is 6.96.